The molecule has 0 aliphatic carbocycles. The molecule has 2 atom stereocenters. The number of nitrogens with zero attached hydrogens (tertiary/aromatic N) is 3. The van der Waals surface area contributed by atoms with Crippen LogP contribution in [0.4, 0.5) is 0 Å². The molecule has 4 rings (SSSR count). The van der Waals surface area contributed by atoms with Crippen LogP contribution in [0.25, 0.3) is 22.4 Å². The molecule has 0 saturated carbocycles. The molecule has 1 N–H and O–H groups in total. The van der Waals surface area contributed by atoms with Crippen molar-refractivity contribution in [2.24, 2.45) is 11.8 Å². The summed E-state index contributed by atoms with van der Waals surface area (Å²) in [4.78, 5) is 0. The first kappa shape index (κ1) is 16.0. The lowest BCUT2D eigenvalue weighted by atomic mass is 9.92. The van der Waals surface area contributed by atoms with Gasteiger partial charge in [0.1, 0.15) is 5.69 Å². The maximum absolute atomic E-state index is 4.40. The number of rotatable bonds is 4. The summed E-state index contributed by atoms with van der Waals surface area (Å²) in [5, 5.41) is 12.3. The van der Waals surface area contributed by atoms with E-state index in [2.05, 4.69) is 77.3 Å². The molecule has 1 aromatic heterocycles. The van der Waals surface area contributed by atoms with E-state index >= 15 is 0 Å². The molecule has 1 aliphatic rings. The van der Waals surface area contributed by atoms with Gasteiger partial charge in [0.15, 0.2) is 0 Å². The molecule has 2 heterocycles. The first-order chi connectivity index (χ1) is 12.3. The maximum atomic E-state index is 4.40. The van der Waals surface area contributed by atoms with Gasteiger partial charge < -0.3 is 5.32 Å². The molecule has 2 unspecified atom stereocenters. The normalized spacial score (nSPS) is 20.5. The summed E-state index contributed by atoms with van der Waals surface area (Å²) < 4.78 is 1.99. The van der Waals surface area contributed by atoms with Crippen LogP contribution in [-0.2, 0) is 6.54 Å². The summed E-state index contributed by atoms with van der Waals surface area (Å²) in [6.45, 7) is 5.44. The molecule has 1 aliphatic heterocycles. The zero-order valence-electron chi connectivity index (χ0n) is 14.6. The summed E-state index contributed by atoms with van der Waals surface area (Å²) in [5.74, 6) is 1.37. The average molecular weight is 332 g/mol. The largest absolute Gasteiger partial charge is 0.316 e. The van der Waals surface area contributed by atoms with Crippen LogP contribution in [-0.4, -0.2) is 28.1 Å². The van der Waals surface area contributed by atoms with E-state index in [4.69, 9.17) is 0 Å². The predicted octanol–water partition coefficient (Wildman–Crippen LogP) is 3.86. The van der Waals surface area contributed by atoms with Gasteiger partial charge in [0.2, 0.25) is 0 Å². The number of piperidine rings is 1. The minimum atomic E-state index is 0.633. The van der Waals surface area contributed by atoms with E-state index in [1.54, 1.807) is 0 Å². The van der Waals surface area contributed by atoms with Crippen molar-refractivity contribution in [3.05, 3.63) is 60.8 Å². The van der Waals surface area contributed by atoms with E-state index in [0.29, 0.717) is 5.92 Å². The van der Waals surface area contributed by atoms with Crippen LogP contribution in [0.5, 0.6) is 0 Å². The summed E-state index contributed by atoms with van der Waals surface area (Å²) in [6, 6.07) is 19.0. The fraction of sp³-hybridized carbons (Fsp3) is 0.333. The Morgan fingerprint density at radius 1 is 1.00 bits per heavy atom. The van der Waals surface area contributed by atoms with Gasteiger partial charge >= 0.3 is 0 Å². The second kappa shape index (κ2) is 7.19. The minimum Gasteiger partial charge on any atom is -0.316 e. The van der Waals surface area contributed by atoms with Gasteiger partial charge in [-0.3, -0.25) is 4.68 Å². The monoisotopic (exact) mass is 332 g/mol. The van der Waals surface area contributed by atoms with Crippen molar-refractivity contribution in [3.63, 3.8) is 0 Å². The van der Waals surface area contributed by atoms with Crippen LogP contribution in [0.1, 0.15) is 13.3 Å². The second-order valence-electron chi connectivity index (χ2n) is 7.14. The number of aromatic nitrogens is 3. The van der Waals surface area contributed by atoms with Crippen LogP contribution >= 0.6 is 0 Å². The molecule has 0 spiro atoms. The van der Waals surface area contributed by atoms with E-state index in [0.717, 1.165) is 36.8 Å². The van der Waals surface area contributed by atoms with Crippen molar-refractivity contribution in [1.82, 2.24) is 20.3 Å². The van der Waals surface area contributed by atoms with Crippen LogP contribution < -0.4 is 5.32 Å². The van der Waals surface area contributed by atoms with Gasteiger partial charge in [-0.1, -0.05) is 60.7 Å². The highest BCUT2D eigenvalue weighted by molar-refractivity contribution is 5.70. The molecule has 2 aromatic carbocycles. The standard InChI is InChI=1S/C21H24N4/c1-16-10-17(13-22-12-16)14-25-15-21(23-24-25)20-9-5-8-19(11-20)18-6-3-2-4-7-18/h2-9,11,15-17,22H,10,12-14H2,1H3. The van der Waals surface area contributed by atoms with Crippen molar-refractivity contribution in [1.29, 1.82) is 0 Å². The Balaban J connectivity index is 1.52. The quantitative estimate of drug-likeness (QED) is 0.789. The molecule has 0 amide bonds. The van der Waals surface area contributed by atoms with E-state index < -0.39 is 0 Å². The zero-order valence-corrected chi connectivity index (χ0v) is 14.6. The third-order valence-electron chi connectivity index (χ3n) is 4.91. The second-order valence-corrected chi connectivity index (χ2v) is 7.14. The molecule has 0 bridgehead atoms. The maximum Gasteiger partial charge on any atom is 0.113 e. The molecule has 3 aromatic rings. The van der Waals surface area contributed by atoms with E-state index in [1.165, 1.54) is 17.5 Å². The molecule has 4 nitrogen and oxygen atoms in total. The first-order valence-electron chi connectivity index (χ1n) is 9.04. The Bertz CT molecular complexity index is 825. The van der Waals surface area contributed by atoms with Crippen molar-refractivity contribution in [2.75, 3.05) is 13.1 Å². The molecule has 128 valence electrons. The Morgan fingerprint density at radius 3 is 2.64 bits per heavy atom. The van der Waals surface area contributed by atoms with Crippen molar-refractivity contribution in [2.45, 2.75) is 19.9 Å². The minimum absolute atomic E-state index is 0.633. The molecule has 0 radical (unpaired) electrons. The highest BCUT2D eigenvalue weighted by atomic mass is 15.4. The first-order valence-corrected chi connectivity index (χ1v) is 9.04. The SMILES string of the molecule is CC1CNCC(Cn2cc(-c3cccc(-c4ccccc4)c3)nn2)C1. The molecule has 1 saturated heterocycles. The van der Waals surface area contributed by atoms with Gasteiger partial charge in [-0.2, -0.15) is 0 Å². The van der Waals surface area contributed by atoms with E-state index in [-0.39, 0.29) is 0 Å². The van der Waals surface area contributed by atoms with Gasteiger partial charge in [0, 0.05) is 12.1 Å². The smallest absolute Gasteiger partial charge is 0.113 e. The van der Waals surface area contributed by atoms with E-state index in [9.17, 15) is 0 Å². The summed E-state index contributed by atoms with van der Waals surface area (Å²) in [6.07, 6.45) is 3.33. The van der Waals surface area contributed by atoms with Gasteiger partial charge in [0.05, 0.1) is 6.20 Å². The third-order valence-corrected chi connectivity index (χ3v) is 4.91. The summed E-state index contributed by atoms with van der Waals surface area (Å²) in [7, 11) is 0. The third kappa shape index (κ3) is 3.80. The Labute approximate surface area is 148 Å². The lowest BCUT2D eigenvalue weighted by Crippen LogP contribution is -2.37. The van der Waals surface area contributed by atoms with Crippen LogP contribution in [0.2, 0.25) is 0 Å². The number of hydrogen-bond donors (Lipinski definition) is 1. The lowest BCUT2D eigenvalue weighted by molar-refractivity contribution is 0.266. The van der Waals surface area contributed by atoms with Gasteiger partial charge in [-0.25, -0.2) is 0 Å². The Morgan fingerprint density at radius 2 is 1.80 bits per heavy atom. The van der Waals surface area contributed by atoms with Crippen molar-refractivity contribution < 1.29 is 0 Å². The highest BCUT2D eigenvalue weighted by Gasteiger charge is 2.19. The molecule has 25 heavy (non-hydrogen) atoms. The van der Waals surface area contributed by atoms with E-state index in [1.807, 2.05) is 10.7 Å². The number of hydrogen-bond acceptors (Lipinski definition) is 3. The van der Waals surface area contributed by atoms with Crippen LogP contribution in [0, 0.1) is 11.8 Å². The zero-order chi connectivity index (χ0) is 17.1. The van der Waals surface area contributed by atoms with Crippen molar-refractivity contribution >= 4 is 0 Å². The fourth-order valence-corrected chi connectivity index (χ4v) is 3.68. The van der Waals surface area contributed by atoms with Gasteiger partial charge in [-0.05, 0) is 48.5 Å². The summed E-state index contributed by atoms with van der Waals surface area (Å²) >= 11 is 0. The summed E-state index contributed by atoms with van der Waals surface area (Å²) in [5.41, 5.74) is 4.48. The molecule has 1 fully saturated rings. The highest BCUT2D eigenvalue weighted by Crippen LogP contribution is 2.25. The average Bonchev–Trinajstić information content (AvgIpc) is 3.11. The predicted molar refractivity (Wildman–Crippen MR) is 101 cm³/mol. The van der Waals surface area contributed by atoms with Crippen LogP contribution in [0.15, 0.2) is 60.8 Å². The molecular formula is C21H24N4. The van der Waals surface area contributed by atoms with Gasteiger partial charge in [0.25, 0.3) is 0 Å². The molecule has 4 heteroatoms. The lowest BCUT2D eigenvalue weighted by Gasteiger charge is -2.27. The Kier molecular flexibility index (Phi) is 4.61. The number of nitrogens with one attached hydrogen (secondary N) is 1. The molecular weight excluding hydrogens is 308 g/mol. The Hall–Kier alpha value is -2.46. The van der Waals surface area contributed by atoms with Crippen LogP contribution in [0.3, 0.4) is 0 Å². The van der Waals surface area contributed by atoms with Gasteiger partial charge in [-0.15, -0.1) is 5.10 Å². The fourth-order valence-electron chi connectivity index (χ4n) is 3.68. The van der Waals surface area contributed by atoms with Crippen molar-refractivity contribution in [3.8, 4) is 22.4 Å². The number of benzene rings is 2. The topological polar surface area (TPSA) is 42.7 Å².